The Morgan fingerprint density at radius 1 is 1.43 bits per heavy atom. The van der Waals surface area contributed by atoms with Crippen LogP contribution in [0.3, 0.4) is 0 Å². The third-order valence-corrected chi connectivity index (χ3v) is 2.11. The number of nitrogens with two attached hydrogens (primary N) is 1. The van der Waals surface area contributed by atoms with Gasteiger partial charge in [0.2, 0.25) is 0 Å². The molecule has 0 radical (unpaired) electrons. The molecule has 0 saturated carbocycles. The van der Waals surface area contributed by atoms with Crippen LogP contribution in [-0.4, -0.2) is 6.67 Å². The molecule has 0 aromatic heterocycles. The van der Waals surface area contributed by atoms with Gasteiger partial charge in [-0.2, -0.15) is 0 Å². The smallest absolute Gasteiger partial charge is 0.124 e. The van der Waals surface area contributed by atoms with Crippen molar-refractivity contribution in [2.24, 2.45) is 5.73 Å². The third-order valence-electron chi connectivity index (χ3n) is 1.78. The van der Waals surface area contributed by atoms with Crippen molar-refractivity contribution in [3.8, 4) is 0 Å². The van der Waals surface area contributed by atoms with Gasteiger partial charge in [0, 0.05) is 11.1 Å². The highest BCUT2D eigenvalue weighted by atomic mass is 35.5. The molecule has 14 heavy (non-hydrogen) atoms. The van der Waals surface area contributed by atoms with Crippen LogP contribution in [0.1, 0.15) is 18.0 Å². The molecule has 0 aliphatic carbocycles. The molecule has 0 saturated heterocycles. The normalized spacial score (nSPS) is 12.0. The van der Waals surface area contributed by atoms with Crippen molar-refractivity contribution in [2.75, 3.05) is 6.67 Å². The Kier molecular flexibility index (Phi) is 6.00. The molecule has 1 aromatic carbocycles. The Labute approximate surface area is 92.7 Å². The maximum atomic E-state index is 12.6. The summed E-state index contributed by atoms with van der Waals surface area (Å²) in [6.45, 7) is -0.505. The molecule has 5 heteroatoms. The fourth-order valence-corrected chi connectivity index (χ4v) is 1.38. The van der Waals surface area contributed by atoms with E-state index < -0.39 is 18.5 Å². The van der Waals surface area contributed by atoms with Gasteiger partial charge in [0.25, 0.3) is 0 Å². The van der Waals surface area contributed by atoms with Crippen LogP contribution in [0.4, 0.5) is 8.78 Å². The summed E-state index contributed by atoms with van der Waals surface area (Å²) in [7, 11) is 0. The summed E-state index contributed by atoms with van der Waals surface area (Å²) in [6, 6.07) is 3.46. The van der Waals surface area contributed by atoms with Gasteiger partial charge in [-0.15, -0.1) is 12.4 Å². The average Bonchev–Trinajstić information content (AvgIpc) is 2.04. The van der Waals surface area contributed by atoms with Crippen LogP contribution in [-0.2, 0) is 0 Å². The second-order valence-corrected chi connectivity index (χ2v) is 3.16. The average molecular weight is 242 g/mol. The number of halogens is 4. The molecule has 1 aromatic rings. The summed E-state index contributed by atoms with van der Waals surface area (Å²) in [5.41, 5.74) is 6.19. The highest BCUT2D eigenvalue weighted by Gasteiger charge is 2.10. The summed E-state index contributed by atoms with van der Waals surface area (Å²) < 4.78 is 24.5. The lowest BCUT2D eigenvalue weighted by atomic mass is 10.1. The van der Waals surface area contributed by atoms with Crippen molar-refractivity contribution < 1.29 is 8.78 Å². The zero-order valence-electron chi connectivity index (χ0n) is 7.34. The van der Waals surface area contributed by atoms with Gasteiger partial charge in [-0.3, -0.25) is 4.39 Å². The van der Waals surface area contributed by atoms with Crippen molar-refractivity contribution in [2.45, 2.75) is 12.5 Å². The summed E-state index contributed by atoms with van der Waals surface area (Å²) in [4.78, 5) is 0. The van der Waals surface area contributed by atoms with Crippen LogP contribution in [0, 0.1) is 5.82 Å². The van der Waals surface area contributed by atoms with Gasteiger partial charge in [-0.05, 0) is 24.1 Å². The number of alkyl halides is 1. The van der Waals surface area contributed by atoms with Crippen molar-refractivity contribution >= 4 is 24.0 Å². The maximum Gasteiger partial charge on any atom is 0.124 e. The van der Waals surface area contributed by atoms with E-state index in [2.05, 4.69) is 0 Å². The van der Waals surface area contributed by atoms with Gasteiger partial charge in [0.05, 0.1) is 6.67 Å². The molecule has 0 unspecified atom stereocenters. The molecule has 2 N–H and O–H groups in total. The predicted octanol–water partition coefficient (Wildman–Crippen LogP) is 3.26. The minimum Gasteiger partial charge on any atom is -0.324 e. The van der Waals surface area contributed by atoms with E-state index in [0.717, 1.165) is 0 Å². The summed E-state index contributed by atoms with van der Waals surface area (Å²) in [5.74, 6) is -0.416. The number of hydrogen-bond acceptors (Lipinski definition) is 1. The molecular formula is C9H11Cl2F2N. The Morgan fingerprint density at radius 2 is 2.07 bits per heavy atom. The highest BCUT2D eigenvalue weighted by molar-refractivity contribution is 6.31. The van der Waals surface area contributed by atoms with E-state index in [4.69, 9.17) is 17.3 Å². The lowest BCUT2D eigenvalue weighted by Crippen LogP contribution is -2.11. The first-order valence-corrected chi connectivity index (χ1v) is 4.29. The van der Waals surface area contributed by atoms with Crippen LogP contribution >= 0.6 is 24.0 Å². The Balaban J connectivity index is 0.00000169. The van der Waals surface area contributed by atoms with Crippen LogP contribution in [0.25, 0.3) is 0 Å². The predicted molar refractivity (Wildman–Crippen MR) is 56.2 cm³/mol. The zero-order valence-corrected chi connectivity index (χ0v) is 8.92. The Morgan fingerprint density at radius 3 is 2.57 bits per heavy atom. The van der Waals surface area contributed by atoms with Crippen molar-refractivity contribution in [1.82, 2.24) is 0 Å². The summed E-state index contributed by atoms with van der Waals surface area (Å²) in [5, 5.41) is 0.251. The van der Waals surface area contributed by atoms with E-state index >= 15 is 0 Å². The van der Waals surface area contributed by atoms with E-state index in [1.165, 1.54) is 18.2 Å². The number of hydrogen-bond donors (Lipinski definition) is 1. The summed E-state index contributed by atoms with van der Waals surface area (Å²) >= 11 is 5.72. The van der Waals surface area contributed by atoms with Gasteiger partial charge < -0.3 is 5.73 Å². The lowest BCUT2D eigenvalue weighted by molar-refractivity contribution is 0.441. The Hall–Kier alpha value is -0.380. The monoisotopic (exact) mass is 241 g/mol. The van der Waals surface area contributed by atoms with Crippen LogP contribution in [0.5, 0.6) is 0 Å². The minimum absolute atomic E-state index is 0. The molecule has 0 fully saturated rings. The quantitative estimate of drug-likeness (QED) is 0.864. The molecule has 1 rings (SSSR count). The number of rotatable bonds is 3. The summed E-state index contributed by atoms with van der Waals surface area (Å²) in [6.07, 6.45) is 0.200. The van der Waals surface area contributed by atoms with Crippen molar-refractivity contribution in [3.63, 3.8) is 0 Å². The molecule has 0 aliphatic rings. The lowest BCUT2D eigenvalue weighted by Gasteiger charge is -2.11. The second kappa shape index (κ2) is 6.17. The first-order chi connectivity index (χ1) is 6.15. The molecule has 80 valence electrons. The van der Waals surface area contributed by atoms with E-state index in [1.54, 1.807) is 0 Å². The van der Waals surface area contributed by atoms with Crippen molar-refractivity contribution in [1.29, 1.82) is 0 Å². The fourth-order valence-electron chi connectivity index (χ4n) is 1.08. The molecule has 1 nitrogen and oxygen atoms in total. The van der Waals surface area contributed by atoms with E-state index in [9.17, 15) is 8.78 Å². The molecule has 1 atom stereocenters. The first-order valence-electron chi connectivity index (χ1n) is 3.91. The van der Waals surface area contributed by atoms with E-state index in [0.29, 0.717) is 5.56 Å². The van der Waals surface area contributed by atoms with Gasteiger partial charge >= 0.3 is 0 Å². The largest absolute Gasteiger partial charge is 0.324 e. The van der Waals surface area contributed by atoms with Gasteiger partial charge in [-0.1, -0.05) is 17.7 Å². The van der Waals surface area contributed by atoms with Gasteiger partial charge in [0.1, 0.15) is 5.82 Å². The Bertz CT molecular complexity index is 294. The molecular weight excluding hydrogens is 231 g/mol. The molecule has 0 aliphatic heterocycles. The van der Waals surface area contributed by atoms with Crippen LogP contribution < -0.4 is 5.73 Å². The standard InChI is InChI=1S/C9H10ClF2N.ClH/c10-8-5-6(12)1-2-7(8)9(13)3-4-11;/h1-2,5,9H,3-4,13H2;1H/t9-;/m0./s1. The zero-order chi connectivity index (χ0) is 9.84. The fraction of sp³-hybridized carbons (Fsp3) is 0.333. The maximum absolute atomic E-state index is 12.6. The molecule has 0 amide bonds. The van der Waals surface area contributed by atoms with Gasteiger partial charge in [-0.25, -0.2) is 4.39 Å². The van der Waals surface area contributed by atoms with E-state index in [-0.39, 0.29) is 23.9 Å². The molecule has 0 heterocycles. The highest BCUT2D eigenvalue weighted by Crippen LogP contribution is 2.24. The molecule has 0 spiro atoms. The topological polar surface area (TPSA) is 26.0 Å². The minimum atomic E-state index is -0.505. The van der Waals surface area contributed by atoms with E-state index in [1.807, 2.05) is 0 Å². The van der Waals surface area contributed by atoms with Crippen molar-refractivity contribution in [3.05, 3.63) is 34.6 Å². The first kappa shape index (κ1) is 13.6. The molecule has 0 bridgehead atoms. The SMILES string of the molecule is Cl.N[C@@H](CCF)c1ccc(F)cc1Cl. The second-order valence-electron chi connectivity index (χ2n) is 2.75. The van der Waals surface area contributed by atoms with Crippen LogP contribution in [0.2, 0.25) is 5.02 Å². The van der Waals surface area contributed by atoms with Crippen LogP contribution in [0.15, 0.2) is 18.2 Å². The number of benzene rings is 1. The third kappa shape index (κ3) is 3.40. The van der Waals surface area contributed by atoms with Gasteiger partial charge in [0.15, 0.2) is 0 Å².